The molecule has 3 aromatic rings. The summed E-state index contributed by atoms with van der Waals surface area (Å²) in [6, 6.07) is 20.8. The molecule has 9 heteroatoms. The van der Waals surface area contributed by atoms with Gasteiger partial charge in [-0.15, -0.1) is 0 Å². The molecule has 0 spiro atoms. The molecule has 0 radical (unpaired) electrons. The minimum atomic E-state index is -0.494. The first-order valence-corrected chi connectivity index (χ1v) is 9.43. The van der Waals surface area contributed by atoms with E-state index < -0.39 is 9.85 Å². The number of nitriles is 1. The van der Waals surface area contributed by atoms with Crippen molar-refractivity contribution in [3.8, 4) is 17.6 Å². The second kappa shape index (κ2) is 10.4. The van der Waals surface area contributed by atoms with Gasteiger partial charge in [-0.05, 0) is 53.6 Å². The van der Waals surface area contributed by atoms with E-state index in [0.29, 0.717) is 22.6 Å². The third-order valence-electron chi connectivity index (χ3n) is 4.35. The van der Waals surface area contributed by atoms with Crippen LogP contribution in [0.2, 0.25) is 0 Å². The van der Waals surface area contributed by atoms with Crippen LogP contribution in [0, 0.1) is 31.6 Å². The zero-order chi connectivity index (χ0) is 22.9. The molecule has 9 nitrogen and oxygen atoms in total. The Labute approximate surface area is 183 Å². The van der Waals surface area contributed by atoms with Gasteiger partial charge in [-0.1, -0.05) is 12.1 Å². The van der Waals surface area contributed by atoms with Gasteiger partial charge >= 0.3 is 0 Å². The predicted octanol–water partition coefficient (Wildman–Crippen LogP) is 5.02. The molecule has 0 bridgehead atoms. The molecule has 0 aliphatic carbocycles. The van der Waals surface area contributed by atoms with E-state index in [1.54, 1.807) is 24.3 Å². The lowest BCUT2D eigenvalue weighted by molar-refractivity contribution is -0.385. The van der Waals surface area contributed by atoms with E-state index in [-0.39, 0.29) is 24.6 Å². The second-order valence-electron chi connectivity index (χ2n) is 6.49. The molecular weight excluding hydrogens is 414 g/mol. The summed E-state index contributed by atoms with van der Waals surface area (Å²) in [5.74, 6) is 1.07. The number of nitrogens with zero attached hydrogens (tertiary/aromatic N) is 3. The van der Waals surface area contributed by atoms with E-state index in [4.69, 9.17) is 9.47 Å². The van der Waals surface area contributed by atoms with Gasteiger partial charge in [-0.3, -0.25) is 20.2 Å². The fourth-order valence-electron chi connectivity index (χ4n) is 2.79. The lowest BCUT2D eigenvalue weighted by atomic mass is 10.0. The molecule has 0 heterocycles. The van der Waals surface area contributed by atoms with Crippen LogP contribution in [-0.4, -0.2) is 23.1 Å². The van der Waals surface area contributed by atoms with E-state index in [1.807, 2.05) is 6.07 Å². The molecule has 160 valence electrons. The molecule has 0 amide bonds. The molecule has 0 fully saturated rings. The Balaban J connectivity index is 1.59. The van der Waals surface area contributed by atoms with E-state index in [2.05, 4.69) is 6.07 Å². The van der Waals surface area contributed by atoms with Crippen LogP contribution in [0.5, 0.6) is 11.5 Å². The van der Waals surface area contributed by atoms with Crippen LogP contribution >= 0.6 is 0 Å². The van der Waals surface area contributed by atoms with E-state index in [9.17, 15) is 25.5 Å². The Morgan fingerprint density at radius 2 is 1.41 bits per heavy atom. The molecule has 32 heavy (non-hydrogen) atoms. The number of ether oxygens (including phenoxy) is 2. The highest BCUT2D eigenvalue weighted by molar-refractivity contribution is 5.89. The zero-order valence-electron chi connectivity index (χ0n) is 16.7. The summed E-state index contributed by atoms with van der Waals surface area (Å²) in [6.07, 6.45) is 1.67. The van der Waals surface area contributed by atoms with Crippen molar-refractivity contribution >= 4 is 23.0 Å². The fourth-order valence-corrected chi connectivity index (χ4v) is 2.79. The number of benzene rings is 3. The summed E-state index contributed by atoms with van der Waals surface area (Å²) in [6.45, 7) is 0.488. The van der Waals surface area contributed by atoms with Crippen LogP contribution < -0.4 is 9.47 Å². The van der Waals surface area contributed by atoms with Crippen molar-refractivity contribution in [3.05, 3.63) is 104 Å². The fraction of sp³-hybridized carbons (Fsp3) is 0.0870. The monoisotopic (exact) mass is 431 g/mol. The van der Waals surface area contributed by atoms with Crippen molar-refractivity contribution in [1.82, 2.24) is 0 Å². The maximum atomic E-state index is 10.8. The summed E-state index contributed by atoms with van der Waals surface area (Å²) >= 11 is 0. The van der Waals surface area contributed by atoms with Gasteiger partial charge in [0.1, 0.15) is 24.7 Å². The Morgan fingerprint density at radius 3 is 1.97 bits per heavy atom. The molecule has 0 unspecified atom stereocenters. The van der Waals surface area contributed by atoms with Crippen LogP contribution in [0.15, 0.2) is 72.8 Å². The summed E-state index contributed by atoms with van der Waals surface area (Å²) < 4.78 is 11.2. The van der Waals surface area contributed by atoms with Crippen LogP contribution in [-0.2, 0) is 0 Å². The Hall–Kier alpha value is -4.71. The van der Waals surface area contributed by atoms with Crippen LogP contribution in [0.3, 0.4) is 0 Å². The first-order valence-electron chi connectivity index (χ1n) is 9.43. The highest BCUT2D eigenvalue weighted by Crippen LogP contribution is 2.23. The average molecular weight is 431 g/mol. The number of non-ortho nitro benzene ring substituents is 2. The first kappa shape index (κ1) is 22.0. The van der Waals surface area contributed by atoms with Crippen molar-refractivity contribution in [2.45, 2.75) is 0 Å². The Bertz CT molecular complexity index is 1180. The molecule has 0 atom stereocenters. The second-order valence-corrected chi connectivity index (χ2v) is 6.49. The maximum absolute atomic E-state index is 10.8. The van der Waals surface area contributed by atoms with Gasteiger partial charge < -0.3 is 9.47 Å². The number of allylic oxidation sites excluding steroid dienone is 1. The highest BCUT2D eigenvalue weighted by atomic mass is 16.6. The van der Waals surface area contributed by atoms with Crippen molar-refractivity contribution in [3.63, 3.8) is 0 Å². The lowest BCUT2D eigenvalue weighted by Gasteiger charge is -2.09. The third kappa shape index (κ3) is 5.90. The number of hydrogen-bond acceptors (Lipinski definition) is 7. The molecule has 0 aliphatic heterocycles. The summed E-state index contributed by atoms with van der Waals surface area (Å²) in [7, 11) is 0. The maximum Gasteiger partial charge on any atom is 0.269 e. The number of nitro groups is 2. The molecular formula is C23H17N3O6. The van der Waals surface area contributed by atoms with Crippen LogP contribution in [0.25, 0.3) is 11.6 Å². The Morgan fingerprint density at radius 1 is 0.844 bits per heavy atom. The van der Waals surface area contributed by atoms with Gasteiger partial charge in [0.15, 0.2) is 0 Å². The highest BCUT2D eigenvalue weighted by Gasteiger charge is 2.08. The third-order valence-corrected chi connectivity index (χ3v) is 4.35. The van der Waals surface area contributed by atoms with Crippen molar-refractivity contribution < 1.29 is 19.3 Å². The summed E-state index contributed by atoms with van der Waals surface area (Å²) in [4.78, 5) is 20.5. The number of hydrogen-bond donors (Lipinski definition) is 0. The van der Waals surface area contributed by atoms with Gasteiger partial charge in [-0.2, -0.15) is 5.26 Å². The minimum absolute atomic E-state index is 0.0102. The molecule has 0 saturated carbocycles. The Kier molecular flexibility index (Phi) is 7.12. The topological polar surface area (TPSA) is 129 Å². The summed E-state index contributed by atoms with van der Waals surface area (Å²) in [5, 5.41) is 30.9. The largest absolute Gasteiger partial charge is 0.490 e. The van der Waals surface area contributed by atoms with E-state index in [1.165, 1.54) is 48.5 Å². The normalized spacial score (nSPS) is 10.8. The summed E-state index contributed by atoms with van der Waals surface area (Å²) in [5.41, 5.74) is 1.61. The molecule has 0 aromatic heterocycles. The van der Waals surface area contributed by atoms with Crippen LogP contribution in [0.1, 0.15) is 11.1 Å². The molecule has 3 aromatic carbocycles. The average Bonchev–Trinajstić information content (AvgIpc) is 2.81. The molecule has 0 aliphatic rings. The number of nitro benzene ring substituents is 2. The SMILES string of the molecule is N#CC(=Cc1cccc(OCCOc2ccc([N+](=O)[O-])cc2)c1)c1ccc([N+](=O)[O-])cc1. The minimum Gasteiger partial charge on any atom is -0.490 e. The molecule has 3 rings (SSSR count). The lowest BCUT2D eigenvalue weighted by Crippen LogP contribution is -2.09. The first-order chi connectivity index (χ1) is 15.5. The zero-order valence-corrected chi connectivity index (χ0v) is 16.7. The quantitative estimate of drug-likeness (QED) is 0.153. The smallest absolute Gasteiger partial charge is 0.269 e. The van der Waals surface area contributed by atoms with Crippen molar-refractivity contribution in [1.29, 1.82) is 5.26 Å². The van der Waals surface area contributed by atoms with E-state index >= 15 is 0 Å². The predicted molar refractivity (Wildman–Crippen MR) is 117 cm³/mol. The van der Waals surface area contributed by atoms with E-state index in [0.717, 1.165) is 5.56 Å². The van der Waals surface area contributed by atoms with Gasteiger partial charge in [0.2, 0.25) is 0 Å². The van der Waals surface area contributed by atoms with Gasteiger partial charge in [0.25, 0.3) is 11.4 Å². The molecule has 0 saturated heterocycles. The van der Waals surface area contributed by atoms with Crippen LogP contribution in [0.4, 0.5) is 11.4 Å². The number of rotatable bonds is 9. The van der Waals surface area contributed by atoms with Crippen molar-refractivity contribution in [2.75, 3.05) is 13.2 Å². The van der Waals surface area contributed by atoms with Crippen molar-refractivity contribution in [2.24, 2.45) is 0 Å². The molecule has 0 N–H and O–H groups in total. The van der Waals surface area contributed by atoms with Gasteiger partial charge in [0, 0.05) is 24.3 Å². The standard InChI is InChI=1S/C23H17N3O6/c24-16-19(18-4-6-20(7-5-18)25(27)28)14-17-2-1-3-23(15-17)32-13-12-31-22-10-8-21(9-11-22)26(29)30/h1-11,14-15H,12-13H2. The van der Waals surface area contributed by atoms with Gasteiger partial charge in [0.05, 0.1) is 21.5 Å². The van der Waals surface area contributed by atoms with Gasteiger partial charge in [-0.25, -0.2) is 0 Å².